The maximum atomic E-state index is 12.0. The van der Waals surface area contributed by atoms with Gasteiger partial charge in [0.2, 0.25) is 0 Å². The second kappa shape index (κ2) is 7.72. The van der Waals surface area contributed by atoms with Crippen LogP contribution in [0.4, 0.5) is 0 Å². The molecule has 0 saturated heterocycles. The van der Waals surface area contributed by atoms with Crippen LogP contribution in [0.5, 0.6) is 0 Å². The minimum absolute atomic E-state index is 0.0129. The van der Waals surface area contributed by atoms with Crippen LogP contribution in [-0.4, -0.2) is 38.2 Å². The van der Waals surface area contributed by atoms with Gasteiger partial charge in [0.1, 0.15) is 0 Å². The topological polar surface area (TPSA) is 80.3 Å². The Morgan fingerprint density at radius 1 is 1.12 bits per heavy atom. The van der Waals surface area contributed by atoms with Gasteiger partial charge in [-0.3, -0.25) is 9.59 Å². The van der Waals surface area contributed by atoms with Gasteiger partial charge in [-0.05, 0) is 36.1 Å². The summed E-state index contributed by atoms with van der Waals surface area (Å²) in [6.45, 7) is 3.20. The van der Waals surface area contributed by atoms with Gasteiger partial charge < -0.3 is 5.32 Å². The van der Waals surface area contributed by atoms with Gasteiger partial charge in [-0.15, -0.1) is 11.3 Å². The lowest BCUT2D eigenvalue weighted by atomic mass is 10.0. The van der Waals surface area contributed by atoms with Crippen molar-refractivity contribution in [3.8, 4) is 11.1 Å². The third-order valence-electron chi connectivity index (χ3n) is 3.58. The highest BCUT2D eigenvalue weighted by atomic mass is 32.2. The minimum Gasteiger partial charge on any atom is -0.351 e. The van der Waals surface area contributed by atoms with Crippen LogP contribution in [-0.2, 0) is 9.84 Å². The second-order valence-electron chi connectivity index (χ2n) is 5.29. The number of benzene rings is 1. The van der Waals surface area contributed by atoms with Crippen LogP contribution in [0.25, 0.3) is 11.1 Å². The van der Waals surface area contributed by atoms with Crippen molar-refractivity contribution in [1.82, 2.24) is 5.32 Å². The van der Waals surface area contributed by atoms with E-state index in [9.17, 15) is 18.0 Å². The van der Waals surface area contributed by atoms with Crippen molar-refractivity contribution in [2.24, 2.45) is 0 Å². The first-order chi connectivity index (χ1) is 11.3. The maximum absolute atomic E-state index is 12.0. The first-order valence-electron chi connectivity index (χ1n) is 7.51. The summed E-state index contributed by atoms with van der Waals surface area (Å²) in [5.41, 5.74) is 2.17. The van der Waals surface area contributed by atoms with Gasteiger partial charge in [0, 0.05) is 23.4 Å². The molecule has 0 bridgehead atoms. The molecule has 2 aromatic rings. The maximum Gasteiger partial charge on any atom is 0.251 e. The van der Waals surface area contributed by atoms with E-state index in [4.69, 9.17) is 0 Å². The smallest absolute Gasteiger partial charge is 0.251 e. The summed E-state index contributed by atoms with van der Waals surface area (Å²) in [5, 5.41) is 4.47. The average molecular weight is 365 g/mol. The molecular formula is C17H19NO4S2. The predicted molar refractivity (Wildman–Crippen MR) is 96.4 cm³/mol. The van der Waals surface area contributed by atoms with Crippen LogP contribution in [0.2, 0.25) is 0 Å². The van der Waals surface area contributed by atoms with E-state index in [1.165, 1.54) is 18.3 Å². The summed E-state index contributed by atoms with van der Waals surface area (Å²) in [4.78, 5) is 24.3. The standard InChI is InChI=1S/C17H19NO4S2/c1-3-24(21,22)11-9-18-17(20)14-6-4-13(5-7-14)15-8-10-23-16(15)12(2)19/h4-8,10H,3,9,11H2,1-2H3,(H,18,20). The highest BCUT2D eigenvalue weighted by Gasteiger charge is 2.13. The number of hydrogen-bond acceptors (Lipinski definition) is 5. The third-order valence-corrected chi connectivity index (χ3v) is 6.30. The number of amides is 1. The highest BCUT2D eigenvalue weighted by Crippen LogP contribution is 2.28. The van der Waals surface area contributed by atoms with E-state index in [1.54, 1.807) is 31.2 Å². The number of hydrogen-bond donors (Lipinski definition) is 1. The molecule has 0 radical (unpaired) electrons. The molecule has 0 fully saturated rings. The Bertz CT molecular complexity index is 836. The first-order valence-corrected chi connectivity index (χ1v) is 10.2. The molecule has 2 rings (SSSR count). The van der Waals surface area contributed by atoms with Gasteiger partial charge in [0.05, 0.1) is 10.6 Å². The molecule has 24 heavy (non-hydrogen) atoms. The lowest BCUT2D eigenvalue weighted by Crippen LogP contribution is -2.29. The van der Waals surface area contributed by atoms with E-state index in [0.29, 0.717) is 10.4 Å². The fourth-order valence-electron chi connectivity index (χ4n) is 2.18. The summed E-state index contributed by atoms with van der Waals surface area (Å²) < 4.78 is 22.8. The molecule has 5 nitrogen and oxygen atoms in total. The van der Waals surface area contributed by atoms with Crippen LogP contribution in [0.1, 0.15) is 33.9 Å². The number of rotatable bonds is 7. The van der Waals surface area contributed by atoms with E-state index in [2.05, 4.69) is 5.32 Å². The Morgan fingerprint density at radius 2 is 1.79 bits per heavy atom. The third kappa shape index (κ3) is 4.52. The summed E-state index contributed by atoms with van der Waals surface area (Å²) >= 11 is 1.39. The monoisotopic (exact) mass is 365 g/mol. The zero-order chi connectivity index (χ0) is 17.7. The molecule has 0 spiro atoms. The quantitative estimate of drug-likeness (QED) is 0.765. The van der Waals surface area contributed by atoms with Crippen molar-refractivity contribution in [3.05, 3.63) is 46.2 Å². The molecule has 0 aliphatic carbocycles. The number of thiophene rings is 1. The van der Waals surface area contributed by atoms with Crippen molar-refractivity contribution in [2.45, 2.75) is 13.8 Å². The predicted octanol–water partition coefficient (Wildman–Crippen LogP) is 2.78. The van der Waals surface area contributed by atoms with Crippen molar-refractivity contribution in [3.63, 3.8) is 0 Å². The molecule has 0 aliphatic heterocycles. The molecule has 7 heteroatoms. The first kappa shape index (κ1) is 18.4. The number of nitrogens with one attached hydrogen (secondary N) is 1. The number of Topliss-reactive ketones (excluding diaryl/α,β-unsaturated/α-hetero) is 1. The molecule has 1 heterocycles. The molecule has 1 amide bonds. The van der Waals surface area contributed by atoms with Crippen LogP contribution in [0.15, 0.2) is 35.7 Å². The van der Waals surface area contributed by atoms with Gasteiger partial charge >= 0.3 is 0 Å². The normalized spacial score (nSPS) is 11.2. The lowest BCUT2D eigenvalue weighted by molar-refractivity contribution is 0.0955. The molecule has 0 saturated carbocycles. The van der Waals surface area contributed by atoms with Crippen LogP contribution >= 0.6 is 11.3 Å². The van der Waals surface area contributed by atoms with E-state index in [0.717, 1.165) is 11.1 Å². The lowest BCUT2D eigenvalue weighted by Gasteiger charge is -2.07. The zero-order valence-electron chi connectivity index (χ0n) is 13.5. The largest absolute Gasteiger partial charge is 0.351 e. The molecule has 1 N–H and O–H groups in total. The highest BCUT2D eigenvalue weighted by molar-refractivity contribution is 7.91. The summed E-state index contributed by atoms with van der Waals surface area (Å²) in [6.07, 6.45) is 0. The van der Waals surface area contributed by atoms with E-state index in [1.807, 2.05) is 11.4 Å². The summed E-state index contributed by atoms with van der Waals surface area (Å²) in [6, 6.07) is 8.78. The molecular weight excluding hydrogens is 346 g/mol. The number of sulfone groups is 1. The molecule has 0 atom stereocenters. The summed E-state index contributed by atoms with van der Waals surface area (Å²) in [7, 11) is -3.09. The Labute approximate surface area is 145 Å². The fraction of sp³-hybridized carbons (Fsp3) is 0.294. The van der Waals surface area contributed by atoms with Crippen LogP contribution < -0.4 is 5.32 Å². The zero-order valence-corrected chi connectivity index (χ0v) is 15.2. The molecule has 0 aliphatic rings. The summed E-state index contributed by atoms with van der Waals surface area (Å²) in [5.74, 6) is -0.301. The average Bonchev–Trinajstić information content (AvgIpc) is 3.04. The van der Waals surface area contributed by atoms with Crippen molar-refractivity contribution < 1.29 is 18.0 Å². The van der Waals surface area contributed by atoms with Crippen molar-refractivity contribution in [1.29, 1.82) is 0 Å². The fourth-order valence-corrected chi connectivity index (χ4v) is 3.70. The molecule has 0 unspecified atom stereocenters. The Morgan fingerprint density at radius 3 is 2.38 bits per heavy atom. The van der Waals surface area contributed by atoms with E-state index < -0.39 is 9.84 Å². The molecule has 128 valence electrons. The van der Waals surface area contributed by atoms with Crippen LogP contribution in [0, 0.1) is 0 Å². The van der Waals surface area contributed by atoms with E-state index >= 15 is 0 Å². The Kier molecular flexibility index (Phi) is 5.90. The van der Waals surface area contributed by atoms with Crippen molar-refractivity contribution in [2.75, 3.05) is 18.1 Å². The van der Waals surface area contributed by atoms with Gasteiger partial charge in [-0.1, -0.05) is 19.1 Å². The van der Waals surface area contributed by atoms with Gasteiger partial charge in [0.15, 0.2) is 15.6 Å². The van der Waals surface area contributed by atoms with E-state index in [-0.39, 0.29) is 29.7 Å². The van der Waals surface area contributed by atoms with Gasteiger partial charge in [0.25, 0.3) is 5.91 Å². The van der Waals surface area contributed by atoms with Crippen LogP contribution in [0.3, 0.4) is 0 Å². The molecule has 1 aromatic heterocycles. The Balaban J connectivity index is 2.05. The number of carbonyl (C=O) groups is 2. The van der Waals surface area contributed by atoms with Gasteiger partial charge in [-0.2, -0.15) is 0 Å². The SMILES string of the molecule is CCS(=O)(=O)CCNC(=O)c1ccc(-c2ccsc2C(C)=O)cc1. The number of ketones is 1. The Hall–Kier alpha value is -1.99. The number of carbonyl (C=O) groups excluding carboxylic acids is 2. The minimum atomic E-state index is -3.09. The van der Waals surface area contributed by atoms with Crippen molar-refractivity contribution >= 4 is 32.9 Å². The molecule has 1 aromatic carbocycles. The van der Waals surface area contributed by atoms with Gasteiger partial charge in [-0.25, -0.2) is 8.42 Å². The second-order valence-corrected chi connectivity index (χ2v) is 8.68.